The van der Waals surface area contributed by atoms with Crippen molar-refractivity contribution in [3.63, 3.8) is 0 Å². The number of rotatable bonds is 3. The first-order chi connectivity index (χ1) is 9.75. The minimum Gasteiger partial charge on any atom is -0.347 e. The second-order valence-corrected chi connectivity index (χ2v) is 4.69. The van der Waals surface area contributed by atoms with E-state index in [0.29, 0.717) is 12.2 Å². The third-order valence-corrected chi connectivity index (χ3v) is 3.36. The maximum Gasteiger partial charge on any atom is 0.268 e. The molecule has 2 heterocycles. The first-order valence-electron chi connectivity index (χ1n) is 6.47. The van der Waals surface area contributed by atoms with Gasteiger partial charge in [0.2, 0.25) is 0 Å². The van der Waals surface area contributed by atoms with Gasteiger partial charge in [0.05, 0.1) is 0 Å². The van der Waals surface area contributed by atoms with Crippen molar-refractivity contribution >= 4 is 16.8 Å². The lowest BCUT2D eigenvalue weighted by Crippen LogP contribution is -2.24. The Balaban J connectivity index is 1.81. The summed E-state index contributed by atoms with van der Waals surface area (Å²) in [5, 5.41) is 3.99. The van der Waals surface area contributed by atoms with Crippen molar-refractivity contribution in [3.8, 4) is 0 Å². The van der Waals surface area contributed by atoms with Crippen molar-refractivity contribution in [2.45, 2.75) is 6.54 Å². The standard InChI is InChI=1S/C16H15N3O/c1-19-14-7-3-2-6-13(14)9-15(19)16(20)18-11-12-5-4-8-17-10-12/h2-10H,11H2,1H3,(H,18,20). The van der Waals surface area contributed by atoms with Crippen LogP contribution in [0.15, 0.2) is 54.9 Å². The van der Waals surface area contributed by atoms with Crippen molar-refractivity contribution in [2.24, 2.45) is 7.05 Å². The summed E-state index contributed by atoms with van der Waals surface area (Å²) < 4.78 is 1.91. The zero-order valence-corrected chi connectivity index (χ0v) is 11.2. The van der Waals surface area contributed by atoms with Gasteiger partial charge < -0.3 is 9.88 Å². The van der Waals surface area contributed by atoms with Gasteiger partial charge in [-0.1, -0.05) is 24.3 Å². The molecule has 20 heavy (non-hydrogen) atoms. The van der Waals surface area contributed by atoms with Gasteiger partial charge in [-0.05, 0) is 23.8 Å². The summed E-state index contributed by atoms with van der Waals surface area (Å²) in [4.78, 5) is 16.3. The Morgan fingerprint density at radius 3 is 2.85 bits per heavy atom. The van der Waals surface area contributed by atoms with Gasteiger partial charge in [0, 0.05) is 36.9 Å². The second-order valence-electron chi connectivity index (χ2n) is 4.69. The number of benzene rings is 1. The van der Waals surface area contributed by atoms with E-state index in [1.807, 2.05) is 54.1 Å². The fourth-order valence-electron chi connectivity index (χ4n) is 2.28. The second kappa shape index (κ2) is 5.17. The number of carbonyl (C=O) groups excluding carboxylic acids is 1. The fraction of sp³-hybridized carbons (Fsp3) is 0.125. The van der Waals surface area contributed by atoms with Gasteiger partial charge in [0.15, 0.2) is 0 Å². The highest BCUT2D eigenvalue weighted by molar-refractivity contribution is 5.98. The molecular formula is C16H15N3O. The molecule has 0 aliphatic heterocycles. The van der Waals surface area contributed by atoms with Crippen LogP contribution in [0.3, 0.4) is 0 Å². The van der Waals surface area contributed by atoms with Crippen LogP contribution in [0, 0.1) is 0 Å². The minimum atomic E-state index is -0.0763. The Morgan fingerprint density at radius 2 is 2.10 bits per heavy atom. The lowest BCUT2D eigenvalue weighted by atomic mass is 10.2. The molecule has 100 valence electrons. The van der Waals surface area contributed by atoms with Crippen molar-refractivity contribution in [1.29, 1.82) is 0 Å². The average Bonchev–Trinajstić information content (AvgIpc) is 2.84. The van der Waals surface area contributed by atoms with E-state index >= 15 is 0 Å². The maximum absolute atomic E-state index is 12.3. The lowest BCUT2D eigenvalue weighted by Gasteiger charge is -2.06. The third kappa shape index (κ3) is 2.28. The zero-order chi connectivity index (χ0) is 13.9. The molecule has 4 heteroatoms. The van der Waals surface area contributed by atoms with Crippen LogP contribution in [0.25, 0.3) is 10.9 Å². The summed E-state index contributed by atoms with van der Waals surface area (Å²) in [5.74, 6) is -0.0763. The van der Waals surface area contributed by atoms with Crippen LogP contribution in [-0.4, -0.2) is 15.5 Å². The van der Waals surface area contributed by atoms with Gasteiger partial charge in [-0.15, -0.1) is 0 Å². The van der Waals surface area contributed by atoms with Crippen LogP contribution in [0.2, 0.25) is 0 Å². The average molecular weight is 265 g/mol. The molecule has 3 rings (SSSR count). The van der Waals surface area contributed by atoms with Gasteiger partial charge in [0.25, 0.3) is 5.91 Å². The molecule has 0 unspecified atom stereocenters. The molecule has 0 aliphatic rings. The summed E-state index contributed by atoms with van der Waals surface area (Å²) in [6.07, 6.45) is 3.47. The molecule has 0 aliphatic carbocycles. The highest BCUT2D eigenvalue weighted by atomic mass is 16.1. The first kappa shape index (κ1) is 12.4. The van der Waals surface area contributed by atoms with Crippen molar-refractivity contribution in [1.82, 2.24) is 14.9 Å². The van der Waals surface area contributed by atoms with Gasteiger partial charge in [-0.2, -0.15) is 0 Å². The van der Waals surface area contributed by atoms with E-state index in [1.54, 1.807) is 12.4 Å². The molecule has 4 nitrogen and oxygen atoms in total. The molecule has 0 spiro atoms. The van der Waals surface area contributed by atoms with E-state index in [9.17, 15) is 4.79 Å². The number of nitrogens with one attached hydrogen (secondary N) is 1. The zero-order valence-electron chi connectivity index (χ0n) is 11.2. The number of pyridine rings is 1. The largest absolute Gasteiger partial charge is 0.347 e. The molecule has 1 aromatic carbocycles. The van der Waals surface area contributed by atoms with Crippen LogP contribution < -0.4 is 5.32 Å². The molecule has 0 bridgehead atoms. The Bertz CT molecular complexity index is 747. The molecule has 0 fully saturated rings. The number of hydrogen-bond donors (Lipinski definition) is 1. The van der Waals surface area contributed by atoms with E-state index in [4.69, 9.17) is 0 Å². The number of nitrogens with zero attached hydrogens (tertiary/aromatic N) is 2. The Morgan fingerprint density at radius 1 is 1.25 bits per heavy atom. The number of aromatic nitrogens is 2. The Hall–Kier alpha value is -2.62. The van der Waals surface area contributed by atoms with Crippen molar-refractivity contribution < 1.29 is 4.79 Å². The van der Waals surface area contributed by atoms with E-state index in [0.717, 1.165) is 16.5 Å². The summed E-state index contributed by atoms with van der Waals surface area (Å²) >= 11 is 0. The van der Waals surface area contributed by atoms with Crippen LogP contribution in [0.5, 0.6) is 0 Å². The van der Waals surface area contributed by atoms with Crippen LogP contribution >= 0.6 is 0 Å². The molecule has 0 atom stereocenters. The first-order valence-corrected chi connectivity index (χ1v) is 6.47. The summed E-state index contributed by atoms with van der Waals surface area (Å²) in [5.41, 5.74) is 2.70. The monoisotopic (exact) mass is 265 g/mol. The summed E-state index contributed by atoms with van der Waals surface area (Å²) in [7, 11) is 1.90. The maximum atomic E-state index is 12.3. The minimum absolute atomic E-state index is 0.0763. The van der Waals surface area contributed by atoms with Crippen LogP contribution in [0.1, 0.15) is 16.1 Å². The van der Waals surface area contributed by atoms with Gasteiger partial charge in [-0.3, -0.25) is 9.78 Å². The molecule has 0 radical (unpaired) electrons. The topological polar surface area (TPSA) is 46.9 Å². The van der Waals surface area contributed by atoms with Gasteiger partial charge in [-0.25, -0.2) is 0 Å². The van der Waals surface area contributed by atoms with E-state index in [-0.39, 0.29) is 5.91 Å². The highest BCUT2D eigenvalue weighted by Crippen LogP contribution is 2.18. The van der Waals surface area contributed by atoms with E-state index in [1.165, 1.54) is 0 Å². The number of aryl methyl sites for hydroxylation is 1. The predicted octanol–water partition coefficient (Wildman–Crippen LogP) is 2.50. The van der Waals surface area contributed by atoms with Crippen LogP contribution in [0.4, 0.5) is 0 Å². The summed E-state index contributed by atoms with van der Waals surface area (Å²) in [6, 6.07) is 13.7. The predicted molar refractivity (Wildman–Crippen MR) is 78.3 cm³/mol. The molecule has 0 saturated carbocycles. The number of hydrogen-bond acceptors (Lipinski definition) is 2. The summed E-state index contributed by atoms with van der Waals surface area (Å²) in [6.45, 7) is 0.480. The molecule has 0 saturated heterocycles. The fourth-order valence-corrected chi connectivity index (χ4v) is 2.28. The number of para-hydroxylation sites is 1. The van der Waals surface area contributed by atoms with Crippen molar-refractivity contribution in [3.05, 3.63) is 66.1 Å². The third-order valence-electron chi connectivity index (χ3n) is 3.36. The molecular weight excluding hydrogens is 250 g/mol. The number of fused-ring (bicyclic) bond motifs is 1. The molecule has 1 N–H and O–H groups in total. The molecule has 2 aromatic heterocycles. The van der Waals surface area contributed by atoms with Crippen LogP contribution in [-0.2, 0) is 13.6 Å². The quantitative estimate of drug-likeness (QED) is 0.791. The van der Waals surface area contributed by atoms with Gasteiger partial charge in [0.1, 0.15) is 5.69 Å². The number of carbonyl (C=O) groups is 1. The number of amides is 1. The van der Waals surface area contributed by atoms with E-state index in [2.05, 4.69) is 10.3 Å². The normalized spacial score (nSPS) is 10.7. The Labute approximate surface area is 117 Å². The van der Waals surface area contributed by atoms with E-state index < -0.39 is 0 Å². The van der Waals surface area contributed by atoms with Crippen molar-refractivity contribution in [2.75, 3.05) is 0 Å². The smallest absolute Gasteiger partial charge is 0.268 e. The Kier molecular flexibility index (Phi) is 3.21. The molecule has 3 aromatic rings. The molecule has 1 amide bonds. The van der Waals surface area contributed by atoms with Gasteiger partial charge >= 0.3 is 0 Å². The highest BCUT2D eigenvalue weighted by Gasteiger charge is 2.12. The lowest BCUT2D eigenvalue weighted by molar-refractivity contribution is 0.0943. The SMILES string of the molecule is Cn1c(C(=O)NCc2cccnc2)cc2ccccc21.